The topological polar surface area (TPSA) is 38.7 Å². The van der Waals surface area contributed by atoms with Gasteiger partial charge < -0.3 is 13.9 Å². The second-order valence-corrected chi connectivity index (χ2v) is 9.07. The molecule has 4 rings (SSSR count). The zero-order valence-corrected chi connectivity index (χ0v) is 17.4. The first kappa shape index (κ1) is 19.7. The van der Waals surface area contributed by atoms with Crippen LogP contribution in [-0.4, -0.2) is 4.89 Å². The van der Waals surface area contributed by atoms with Gasteiger partial charge in [0.05, 0.1) is 0 Å². The van der Waals surface area contributed by atoms with Crippen molar-refractivity contribution in [1.29, 1.82) is 0 Å². The van der Waals surface area contributed by atoms with Crippen LogP contribution in [0, 0.1) is 0 Å². The van der Waals surface area contributed by atoms with Gasteiger partial charge >= 0.3 is 8.60 Å². The van der Waals surface area contributed by atoms with Gasteiger partial charge in [-0.25, -0.2) is 0 Å². The third-order valence-electron chi connectivity index (χ3n) is 6.28. The van der Waals surface area contributed by atoms with Gasteiger partial charge in [-0.1, -0.05) is 62.8 Å². The summed E-state index contributed by atoms with van der Waals surface area (Å²) in [5.74, 6) is 2.67. The molecule has 0 saturated heterocycles. The summed E-state index contributed by atoms with van der Waals surface area (Å²) in [5, 5.41) is 0. The van der Waals surface area contributed by atoms with Gasteiger partial charge in [0.25, 0.3) is 0 Å². The highest BCUT2D eigenvalue weighted by Gasteiger charge is 2.18. The molecule has 0 radical (unpaired) electrons. The van der Waals surface area contributed by atoms with E-state index >= 15 is 0 Å². The van der Waals surface area contributed by atoms with Gasteiger partial charge in [-0.15, -0.1) is 0 Å². The van der Waals surface area contributed by atoms with E-state index in [1.54, 1.807) is 0 Å². The van der Waals surface area contributed by atoms with Crippen LogP contribution in [-0.2, 0) is 0 Å². The quantitative estimate of drug-likeness (QED) is 0.513. The lowest BCUT2D eigenvalue weighted by Crippen LogP contribution is -2.04. The van der Waals surface area contributed by atoms with Crippen LogP contribution in [0.2, 0.25) is 0 Å². The van der Waals surface area contributed by atoms with Crippen molar-refractivity contribution >= 4 is 8.60 Å². The standard InChI is InChI=1S/C24H31O3P/c25-28(26-23-15-11-21(12-16-23)19-7-3-1-4-8-19)27-24-17-13-22(14-18-24)20-9-5-2-6-10-20/h11-20,25H,1-10H2. The average Bonchev–Trinajstić information content (AvgIpc) is 2.76. The zero-order valence-electron chi connectivity index (χ0n) is 16.6. The van der Waals surface area contributed by atoms with Gasteiger partial charge in [-0.2, -0.15) is 0 Å². The van der Waals surface area contributed by atoms with Crippen LogP contribution in [0.3, 0.4) is 0 Å². The van der Waals surface area contributed by atoms with Crippen molar-refractivity contribution in [3.63, 3.8) is 0 Å². The summed E-state index contributed by atoms with van der Waals surface area (Å²) in [6.45, 7) is 0. The maximum absolute atomic E-state index is 10.2. The third-order valence-corrected chi connectivity index (χ3v) is 7.01. The molecule has 0 amide bonds. The second-order valence-electron chi connectivity index (χ2n) is 8.23. The predicted octanol–water partition coefficient (Wildman–Crippen LogP) is 7.46. The monoisotopic (exact) mass is 398 g/mol. The number of hydrogen-bond acceptors (Lipinski definition) is 3. The zero-order chi connectivity index (χ0) is 19.2. The van der Waals surface area contributed by atoms with Crippen molar-refractivity contribution in [2.24, 2.45) is 0 Å². The highest BCUT2D eigenvalue weighted by Crippen LogP contribution is 2.39. The summed E-state index contributed by atoms with van der Waals surface area (Å²) in [4.78, 5) is 10.2. The van der Waals surface area contributed by atoms with E-state index in [-0.39, 0.29) is 0 Å². The van der Waals surface area contributed by atoms with E-state index in [4.69, 9.17) is 9.05 Å². The van der Waals surface area contributed by atoms with Crippen LogP contribution >= 0.6 is 8.60 Å². The van der Waals surface area contributed by atoms with Crippen LogP contribution in [0.25, 0.3) is 0 Å². The SMILES string of the molecule is OP(Oc1ccc(C2CCCCC2)cc1)Oc1ccc(C2CCCCC2)cc1. The Hall–Kier alpha value is -1.57. The van der Waals surface area contributed by atoms with Gasteiger partial charge in [0.2, 0.25) is 0 Å². The molecule has 0 aliphatic heterocycles. The van der Waals surface area contributed by atoms with E-state index in [0.717, 1.165) is 0 Å². The molecule has 1 N–H and O–H groups in total. The molecule has 3 nitrogen and oxygen atoms in total. The molecule has 0 aromatic heterocycles. The van der Waals surface area contributed by atoms with Crippen molar-refractivity contribution in [3.05, 3.63) is 59.7 Å². The second kappa shape index (κ2) is 9.76. The summed E-state index contributed by atoms with van der Waals surface area (Å²) in [5.41, 5.74) is 2.77. The van der Waals surface area contributed by atoms with Crippen LogP contribution in [0.4, 0.5) is 0 Å². The van der Waals surface area contributed by atoms with Crippen LogP contribution in [0.15, 0.2) is 48.5 Å². The van der Waals surface area contributed by atoms with Crippen molar-refractivity contribution in [3.8, 4) is 11.5 Å². The Kier molecular flexibility index (Phi) is 6.88. The Bertz CT molecular complexity index is 653. The molecule has 0 unspecified atom stereocenters. The lowest BCUT2D eigenvalue weighted by Gasteiger charge is -2.22. The highest BCUT2D eigenvalue weighted by atomic mass is 31.2. The number of hydrogen-bond donors (Lipinski definition) is 1. The summed E-state index contributed by atoms with van der Waals surface area (Å²) < 4.78 is 11.2. The van der Waals surface area contributed by atoms with E-state index in [0.29, 0.717) is 23.3 Å². The number of rotatable bonds is 6. The Morgan fingerprint density at radius 1 is 0.571 bits per heavy atom. The average molecular weight is 398 g/mol. The molecule has 2 aliphatic rings. The predicted molar refractivity (Wildman–Crippen MR) is 115 cm³/mol. The fraction of sp³-hybridized carbons (Fsp3) is 0.500. The first-order valence-electron chi connectivity index (χ1n) is 10.8. The van der Waals surface area contributed by atoms with Gasteiger partial charge in [-0.3, -0.25) is 0 Å². The minimum Gasteiger partial charge on any atom is -0.418 e. The lowest BCUT2D eigenvalue weighted by atomic mass is 9.84. The van der Waals surface area contributed by atoms with Gasteiger partial charge in [-0.05, 0) is 72.9 Å². The molecule has 28 heavy (non-hydrogen) atoms. The summed E-state index contributed by atoms with van der Waals surface area (Å²) in [6, 6.07) is 16.3. The van der Waals surface area contributed by atoms with E-state index in [1.807, 2.05) is 24.3 Å². The lowest BCUT2D eigenvalue weighted by molar-refractivity contribution is 0.381. The maximum atomic E-state index is 10.2. The molecular formula is C24H31O3P. The van der Waals surface area contributed by atoms with Gasteiger partial charge in [0.1, 0.15) is 11.5 Å². The highest BCUT2D eigenvalue weighted by molar-refractivity contribution is 7.41. The minimum atomic E-state index is -1.98. The molecule has 0 atom stereocenters. The van der Waals surface area contributed by atoms with Crippen molar-refractivity contribution in [1.82, 2.24) is 0 Å². The van der Waals surface area contributed by atoms with Crippen molar-refractivity contribution in [2.75, 3.05) is 0 Å². The molecular weight excluding hydrogens is 367 g/mol. The normalized spacial score (nSPS) is 18.9. The molecule has 2 saturated carbocycles. The molecule has 0 bridgehead atoms. The van der Waals surface area contributed by atoms with Gasteiger partial charge in [0, 0.05) is 0 Å². The van der Waals surface area contributed by atoms with Crippen LogP contribution in [0.1, 0.15) is 87.2 Å². The largest absolute Gasteiger partial charge is 0.460 e. The first-order valence-corrected chi connectivity index (χ1v) is 12.0. The third kappa shape index (κ3) is 5.27. The molecule has 2 aliphatic carbocycles. The van der Waals surface area contributed by atoms with E-state index in [1.165, 1.54) is 75.3 Å². The smallest absolute Gasteiger partial charge is 0.418 e. The van der Waals surface area contributed by atoms with Crippen LogP contribution in [0.5, 0.6) is 11.5 Å². The Morgan fingerprint density at radius 3 is 1.29 bits per heavy atom. The summed E-state index contributed by atoms with van der Waals surface area (Å²) in [6.07, 6.45) is 13.2. The molecule has 2 fully saturated rings. The Morgan fingerprint density at radius 2 is 0.929 bits per heavy atom. The fourth-order valence-corrected chi connectivity index (χ4v) is 5.31. The Balaban J connectivity index is 1.29. The summed E-state index contributed by atoms with van der Waals surface area (Å²) in [7, 11) is -1.98. The molecule has 2 aromatic carbocycles. The first-order chi connectivity index (χ1) is 13.8. The molecule has 0 spiro atoms. The van der Waals surface area contributed by atoms with E-state index < -0.39 is 8.60 Å². The number of benzene rings is 2. The minimum absolute atomic E-state index is 0.659. The van der Waals surface area contributed by atoms with E-state index in [9.17, 15) is 4.89 Å². The molecule has 0 heterocycles. The van der Waals surface area contributed by atoms with Gasteiger partial charge in [0.15, 0.2) is 0 Å². The van der Waals surface area contributed by atoms with Crippen molar-refractivity contribution < 1.29 is 13.9 Å². The molecule has 2 aromatic rings. The fourth-order valence-electron chi connectivity index (χ4n) is 4.67. The molecule has 4 heteroatoms. The van der Waals surface area contributed by atoms with E-state index in [2.05, 4.69) is 24.3 Å². The Labute approximate surface area is 170 Å². The van der Waals surface area contributed by atoms with Crippen LogP contribution < -0.4 is 9.05 Å². The van der Waals surface area contributed by atoms with Crippen molar-refractivity contribution in [2.45, 2.75) is 76.0 Å². The molecule has 150 valence electrons. The summed E-state index contributed by atoms with van der Waals surface area (Å²) >= 11 is 0. The maximum Gasteiger partial charge on any atom is 0.460 e.